The maximum absolute atomic E-state index is 11.0. The van der Waals surface area contributed by atoms with Gasteiger partial charge in [-0.3, -0.25) is 14.9 Å². The molecule has 0 heterocycles. The molecule has 0 fully saturated rings. The van der Waals surface area contributed by atoms with Crippen molar-refractivity contribution in [3.8, 4) is 5.75 Å². The van der Waals surface area contributed by atoms with Gasteiger partial charge < -0.3 is 10.5 Å². The van der Waals surface area contributed by atoms with Gasteiger partial charge in [0.15, 0.2) is 6.61 Å². The molecule has 16 heavy (non-hydrogen) atoms. The third-order valence-electron chi connectivity index (χ3n) is 1.65. The molecule has 6 nitrogen and oxygen atoms in total. The Balaban J connectivity index is 2.45. The molecule has 0 aliphatic carbocycles. The third-order valence-corrected chi connectivity index (χ3v) is 1.65. The zero-order chi connectivity index (χ0) is 12.0. The SMILES string of the molecule is NC(=O)NC(=O)COc1ccc(C=O)cc1. The quantitative estimate of drug-likeness (QED) is 0.704. The second-order valence-electron chi connectivity index (χ2n) is 2.89. The number of benzene rings is 1. The number of urea groups is 1. The first kappa shape index (κ1) is 11.7. The van der Waals surface area contributed by atoms with Crippen LogP contribution in [0.5, 0.6) is 5.75 Å². The summed E-state index contributed by atoms with van der Waals surface area (Å²) in [6.45, 7) is -0.316. The number of nitrogens with one attached hydrogen (secondary N) is 1. The highest BCUT2D eigenvalue weighted by molar-refractivity contribution is 5.94. The van der Waals surface area contributed by atoms with E-state index in [0.717, 1.165) is 0 Å². The number of hydrogen-bond donors (Lipinski definition) is 2. The molecule has 0 aliphatic rings. The summed E-state index contributed by atoms with van der Waals surface area (Å²) in [5, 5.41) is 1.85. The zero-order valence-corrected chi connectivity index (χ0v) is 8.30. The number of hydrogen-bond acceptors (Lipinski definition) is 4. The van der Waals surface area contributed by atoms with Crippen LogP contribution < -0.4 is 15.8 Å². The standard InChI is InChI=1S/C10H10N2O4/c11-10(15)12-9(14)6-16-8-3-1-7(5-13)2-4-8/h1-5H,6H2,(H3,11,12,14,15). The van der Waals surface area contributed by atoms with Crippen LogP contribution in [-0.2, 0) is 4.79 Å². The van der Waals surface area contributed by atoms with E-state index in [1.165, 1.54) is 0 Å². The van der Waals surface area contributed by atoms with Crippen LogP contribution in [0.15, 0.2) is 24.3 Å². The smallest absolute Gasteiger partial charge is 0.318 e. The minimum absolute atomic E-state index is 0.316. The molecule has 3 N–H and O–H groups in total. The Bertz CT molecular complexity index is 400. The molecular weight excluding hydrogens is 212 g/mol. The van der Waals surface area contributed by atoms with Crippen molar-refractivity contribution >= 4 is 18.2 Å². The lowest BCUT2D eigenvalue weighted by atomic mass is 10.2. The molecule has 3 amide bonds. The Labute approximate surface area is 91.4 Å². The van der Waals surface area contributed by atoms with E-state index >= 15 is 0 Å². The van der Waals surface area contributed by atoms with Gasteiger partial charge in [-0.25, -0.2) is 4.79 Å². The lowest BCUT2D eigenvalue weighted by Gasteiger charge is -2.05. The molecule has 84 valence electrons. The highest BCUT2D eigenvalue weighted by Gasteiger charge is 2.04. The number of primary amides is 1. The van der Waals surface area contributed by atoms with Crippen molar-refractivity contribution < 1.29 is 19.1 Å². The average molecular weight is 222 g/mol. The van der Waals surface area contributed by atoms with Crippen molar-refractivity contribution in [2.45, 2.75) is 0 Å². The number of carbonyl (C=O) groups excluding carboxylic acids is 3. The molecule has 0 radical (unpaired) electrons. The van der Waals surface area contributed by atoms with E-state index in [1.54, 1.807) is 24.3 Å². The maximum Gasteiger partial charge on any atom is 0.318 e. The van der Waals surface area contributed by atoms with E-state index in [1.807, 2.05) is 5.32 Å². The first-order valence-corrected chi connectivity index (χ1v) is 4.39. The van der Waals surface area contributed by atoms with E-state index in [4.69, 9.17) is 10.5 Å². The number of amides is 3. The average Bonchev–Trinajstić information content (AvgIpc) is 2.26. The van der Waals surface area contributed by atoms with Gasteiger partial charge in [0.2, 0.25) is 0 Å². The number of rotatable bonds is 4. The summed E-state index contributed by atoms with van der Waals surface area (Å²) in [6.07, 6.45) is 0.698. The molecule has 1 aromatic carbocycles. The summed E-state index contributed by atoms with van der Waals surface area (Å²) in [5.41, 5.74) is 5.24. The van der Waals surface area contributed by atoms with Crippen LogP contribution in [0.2, 0.25) is 0 Å². The van der Waals surface area contributed by atoms with E-state index in [2.05, 4.69) is 0 Å². The van der Waals surface area contributed by atoms with Crippen LogP contribution in [0.25, 0.3) is 0 Å². The molecule has 0 aliphatic heterocycles. The van der Waals surface area contributed by atoms with Crippen LogP contribution in [0, 0.1) is 0 Å². The van der Waals surface area contributed by atoms with Crippen LogP contribution in [0.4, 0.5) is 4.79 Å². The zero-order valence-electron chi connectivity index (χ0n) is 8.30. The molecule has 1 rings (SSSR count). The van der Waals surface area contributed by atoms with E-state index in [9.17, 15) is 14.4 Å². The Morgan fingerprint density at radius 1 is 1.31 bits per heavy atom. The highest BCUT2D eigenvalue weighted by atomic mass is 16.5. The minimum Gasteiger partial charge on any atom is -0.484 e. The molecule has 0 bridgehead atoms. The number of ether oxygens (including phenoxy) is 1. The second kappa shape index (κ2) is 5.50. The lowest BCUT2D eigenvalue weighted by Crippen LogP contribution is -2.38. The van der Waals surface area contributed by atoms with Gasteiger partial charge in [-0.15, -0.1) is 0 Å². The predicted molar refractivity (Wildman–Crippen MR) is 55.1 cm³/mol. The Hall–Kier alpha value is -2.37. The van der Waals surface area contributed by atoms with Crippen molar-refractivity contribution in [3.05, 3.63) is 29.8 Å². The molecule has 0 saturated heterocycles. The first-order valence-electron chi connectivity index (χ1n) is 4.39. The topological polar surface area (TPSA) is 98.5 Å². The fourth-order valence-electron chi connectivity index (χ4n) is 0.965. The van der Waals surface area contributed by atoms with Crippen LogP contribution >= 0.6 is 0 Å². The minimum atomic E-state index is -0.926. The fraction of sp³-hybridized carbons (Fsp3) is 0.100. The molecule has 0 spiro atoms. The fourth-order valence-corrected chi connectivity index (χ4v) is 0.965. The van der Waals surface area contributed by atoms with Gasteiger partial charge in [0.05, 0.1) is 0 Å². The summed E-state index contributed by atoms with van der Waals surface area (Å²) in [6, 6.07) is 5.26. The van der Waals surface area contributed by atoms with Gasteiger partial charge >= 0.3 is 6.03 Å². The van der Waals surface area contributed by atoms with Crippen molar-refractivity contribution in [3.63, 3.8) is 0 Å². The summed E-state index contributed by atoms with van der Waals surface area (Å²) >= 11 is 0. The molecule has 0 saturated carbocycles. The highest BCUT2D eigenvalue weighted by Crippen LogP contribution is 2.10. The van der Waals surface area contributed by atoms with Crippen molar-refractivity contribution in [1.29, 1.82) is 0 Å². The van der Waals surface area contributed by atoms with Gasteiger partial charge in [-0.05, 0) is 24.3 Å². The Kier molecular flexibility index (Phi) is 4.02. The van der Waals surface area contributed by atoms with Crippen molar-refractivity contribution in [1.82, 2.24) is 5.32 Å². The van der Waals surface area contributed by atoms with E-state index in [0.29, 0.717) is 17.6 Å². The van der Waals surface area contributed by atoms with Gasteiger partial charge in [0.25, 0.3) is 5.91 Å². The predicted octanol–water partition coefficient (Wildman–Crippen LogP) is 0.0728. The Morgan fingerprint density at radius 2 is 1.94 bits per heavy atom. The summed E-state index contributed by atoms with van der Waals surface area (Å²) < 4.78 is 5.03. The van der Waals surface area contributed by atoms with Crippen LogP contribution in [-0.4, -0.2) is 24.8 Å². The summed E-state index contributed by atoms with van der Waals surface area (Å²) in [5.74, 6) is -0.211. The van der Waals surface area contributed by atoms with E-state index < -0.39 is 11.9 Å². The molecule has 6 heteroatoms. The lowest BCUT2D eigenvalue weighted by molar-refractivity contribution is -0.121. The maximum atomic E-state index is 11.0. The number of aldehydes is 1. The molecule has 0 aromatic heterocycles. The van der Waals surface area contributed by atoms with Gasteiger partial charge in [-0.2, -0.15) is 0 Å². The third kappa shape index (κ3) is 3.79. The number of carbonyl (C=O) groups is 3. The molecule has 0 unspecified atom stereocenters. The van der Waals surface area contributed by atoms with Crippen LogP contribution in [0.3, 0.4) is 0 Å². The van der Waals surface area contributed by atoms with Gasteiger partial charge in [0.1, 0.15) is 12.0 Å². The summed E-state index contributed by atoms with van der Waals surface area (Å²) in [7, 11) is 0. The molecular formula is C10H10N2O4. The number of imide groups is 1. The number of nitrogens with two attached hydrogens (primary N) is 1. The van der Waals surface area contributed by atoms with Gasteiger partial charge in [0, 0.05) is 5.56 Å². The molecule has 1 aromatic rings. The van der Waals surface area contributed by atoms with Gasteiger partial charge in [-0.1, -0.05) is 0 Å². The summed E-state index contributed by atoms with van der Waals surface area (Å²) in [4.78, 5) is 31.6. The van der Waals surface area contributed by atoms with E-state index in [-0.39, 0.29) is 6.61 Å². The monoisotopic (exact) mass is 222 g/mol. The second-order valence-corrected chi connectivity index (χ2v) is 2.89. The molecule has 0 atom stereocenters. The normalized spacial score (nSPS) is 9.25. The first-order chi connectivity index (χ1) is 7.61. The Morgan fingerprint density at radius 3 is 2.44 bits per heavy atom. The van der Waals surface area contributed by atoms with Crippen molar-refractivity contribution in [2.24, 2.45) is 5.73 Å². The van der Waals surface area contributed by atoms with Crippen molar-refractivity contribution in [2.75, 3.05) is 6.61 Å². The largest absolute Gasteiger partial charge is 0.484 e. The van der Waals surface area contributed by atoms with Crippen LogP contribution in [0.1, 0.15) is 10.4 Å².